The number of rotatable bonds is 11. The van der Waals surface area contributed by atoms with E-state index in [2.05, 4.69) is 17.2 Å². The Hall–Kier alpha value is -1.90. The van der Waals surface area contributed by atoms with Crippen molar-refractivity contribution >= 4 is 25.5 Å². The molecule has 37 heavy (non-hydrogen) atoms. The molecular formula is C26H44N3O7P. The summed E-state index contributed by atoms with van der Waals surface area (Å²) >= 11 is 0. The fraction of sp³-hybridized carbons (Fsp3) is 0.808. The van der Waals surface area contributed by atoms with Gasteiger partial charge < -0.3 is 29.3 Å². The van der Waals surface area contributed by atoms with E-state index in [1.807, 2.05) is 20.8 Å². The minimum Gasteiger partial charge on any atom is -0.446 e. The molecule has 210 valence electrons. The number of nitrogens with zero attached hydrogens (tertiary/aromatic N) is 1. The Morgan fingerprint density at radius 2 is 1.73 bits per heavy atom. The van der Waals surface area contributed by atoms with Crippen LogP contribution in [0.15, 0.2) is 12.7 Å². The second kappa shape index (κ2) is 11.9. The van der Waals surface area contributed by atoms with Gasteiger partial charge in [0.05, 0.1) is 13.2 Å². The molecule has 3 aliphatic rings. The highest BCUT2D eigenvalue weighted by Crippen LogP contribution is 2.72. The van der Waals surface area contributed by atoms with Crippen LogP contribution in [0.5, 0.6) is 0 Å². The first-order valence-electron chi connectivity index (χ1n) is 13.5. The summed E-state index contributed by atoms with van der Waals surface area (Å²) in [6.07, 6.45) is 6.12. The fourth-order valence-corrected chi connectivity index (χ4v) is 7.81. The minimum atomic E-state index is -3.68. The molecule has 0 radical (unpaired) electrons. The molecule has 0 unspecified atom stereocenters. The van der Waals surface area contributed by atoms with Crippen LogP contribution in [-0.2, 0) is 27.9 Å². The fourth-order valence-electron chi connectivity index (χ4n) is 5.41. The van der Waals surface area contributed by atoms with Crippen LogP contribution in [0.25, 0.3) is 0 Å². The van der Waals surface area contributed by atoms with Crippen LogP contribution in [-0.4, -0.2) is 66.0 Å². The molecule has 3 fully saturated rings. The van der Waals surface area contributed by atoms with Gasteiger partial charge in [0.2, 0.25) is 11.8 Å². The van der Waals surface area contributed by atoms with Crippen LogP contribution < -0.4 is 10.6 Å². The Bertz CT molecular complexity index is 904. The van der Waals surface area contributed by atoms with Crippen molar-refractivity contribution in [2.45, 2.75) is 103 Å². The van der Waals surface area contributed by atoms with Gasteiger partial charge in [0, 0.05) is 12.5 Å². The third-order valence-electron chi connectivity index (χ3n) is 7.48. The van der Waals surface area contributed by atoms with Crippen molar-refractivity contribution in [1.29, 1.82) is 0 Å². The third kappa shape index (κ3) is 6.40. The van der Waals surface area contributed by atoms with E-state index in [0.29, 0.717) is 25.8 Å². The van der Waals surface area contributed by atoms with Crippen LogP contribution >= 0.6 is 7.60 Å². The molecule has 10 nitrogen and oxygen atoms in total. The molecule has 0 spiro atoms. The predicted octanol–water partition coefficient (Wildman–Crippen LogP) is 4.35. The topological polar surface area (TPSA) is 123 Å². The molecule has 1 heterocycles. The number of nitrogens with one attached hydrogen (secondary N) is 2. The van der Waals surface area contributed by atoms with Gasteiger partial charge in [-0.2, -0.15) is 0 Å². The quantitative estimate of drug-likeness (QED) is 0.295. The van der Waals surface area contributed by atoms with Crippen molar-refractivity contribution in [2.75, 3.05) is 19.8 Å². The van der Waals surface area contributed by atoms with E-state index in [9.17, 15) is 18.9 Å². The molecule has 0 bridgehead atoms. The first-order valence-corrected chi connectivity index (χ1v) is 15.1. The second-order valence-electron chi connectivity index (χ2n) is 11.2. The van der Waals surface area contributed by atoms with Gasteiger partial charge >= 0.3 is 13.7 Å². The van der Waals surface area contributed by atoms with E-state index >= 15 is 0 Å². The zero-order valence-corrected chi connectivity index (χ0v) is 23.8. The van der Waals surface area contributed by atoms with E-state index in [1.165, 1.54) is 4.90 Å². The summed E-state index contributed by atoms with van der Waals surface area (Å²) in [5.41, 5.74) is -0.610. The molecule has 0 aromatic heterocycles. The normalized spacial score (nSPS) is 27.0. The lowest BCUT2D eigenvalue weighted by atomic mass is 9.85. The molecule has 3 rings (SSSR count). The van der Waals surface area contributed by atoms with Gasteiger partial charge in [-0.3, -0.25) is 14.2 Å². The van der Waals surface area contributed by atoms with Crippen LogP contribution in [0.4, 0.5) is 4.79 Å². The standard InChI is InChI=1S/C26H44N3O7P/c1-7-18-17-26(18,37(33,34-8-2)35-9-3)28-22(30)20-15-12-16-29(20)23(31)21(25(4,5)6)27-24(32)36-19-13-10-11-14-19/h7,18-21H,1,8-17H2,2-6H3,(H,27,32)(H,28,30)/t18-,20+,21-,26+/m1/s1. The summed E-state index contributed by atoms with van der Waals surface area (Å²) in [6.45, 7) is 13.6. The van der Waals surface area contributed by atoms with Gasteiger partial charge in [-0.15, -0.1) is 6.58 Å². The summed E-state index contributed by atoms with van der Waals surface area (Å²) in [5, 5.41) is 4.52. The Morgan fingerprint density at radius 1 is 1.11 bits per heavy atom. The number of alkyl carbamates (subject to hydrolysis) is 1. The van der Waals surface area contributed by atoms with E-state index in [1.54, 1.807) is 19.9 Å². The Labute approximate surface area is 220 Å². The summed E-state index contributed by atoms with van der Waals surface area (Å²) in [5.74, 6) is -1.01. The van der Waals surface area contributed by atoms with Gasteiger partial charge in [0.15, 0.2) is 0 Å². The first kappa shape index (κ1) is 29.7. The maximum absolute atomic E-state index is 13.7. The lowest BCUT2D eigenvalue weighted by molar-refractivity contribution is -0.142. The maximum Gasteiger partial charge on any atom is 0.408 e. The molecular weight excluding hydrogens is 497 g/mol. The van der Waals surface area contributed by atoms with Gasteiger partial charge in [-0.1, -0.05) is 26.8 Å². The highest BCUT2D eigenvalue weighted by molar-refractivity contribution is 7.56. The summed E-state index contributed by atoms with van der Waals surface area (Å²) in [4.78, 5) is 41.5. The van der Waals surface area contributed by atoms with Crippen molar-refractivity contribution in [2.24, 2.45) is 11.3 Å². The van der Waals surface area contributed by atoms with Gasteiger partial charge in [-0.05, 0) is 64.2 Å². The van der Waals surface area contributed by atoms with Crippen molar-refractivity contribution in [3.05, 3.63) is 12.7 Å². The van der Waals surface area contributed by atoms with Crippen molar-refractivity contribution in [3.63, 3.8) is 0 Å². The van der Waals surface area contributed by atoms with E-state index < -0.39 is 42.4 Å². The first-order chi connectivity index (χ1) is 17.4. The SMILES string of the molecule is C=C[C@@H]1C[C@]1(NC(=O)[C@@H]1CCCN1C(=O)[C@@H](NC(=O)OC1CCCC1)C(C)(C)C)P(=O)(OCC)OCC. The summed E-state index contributed by atoms with van der Waals surface area (Å²) < 4.78 is 30.4. The molecule has 11 heteroatoms. The molecule has 3 amide bonds. The maximum atomic E-state index is 13.7. The Kier molecular flexibility index (Phi) is 9.51. The van der Waals surface area contributed by atoms with Gasteiger partial charge in [-0.25, -0.2) is 4.79 Å². The molecule has 0 aromatic carbocycles. The number of ether oxygens (including phenoxy) is 1. The van der Waals surface area contributed by atoms with E-state index in [-0.39, 0.29) is 31.1 Å². The zero-order chi connectivity index (χ0) is 27.4. The lowest BCUT2D eigenvalue weighted by Gasteiger charge is -2.36. The number of hydrogen-bond donors (Lipinski definition) is 2. The zero-order valence-electron chi connectivity index (χ0n) is 22.9. The minimum absolute atomic E-state index is 0.125. The number of carbonyl (C=O) groups is 3. The molecule has 4 atom stereocenters. The number of likely N-dealkylation sites (tertiary alicyclic amines) is 1. The molecule has 1 aliphatic heterocycles. The van der Waals surface area contributed by atoms with Crippen LogP contribution in [0, 0.1) is 11.3 Å². The third-order valence-corrected chi connectivity index (χ3v) is 10.3. The smallest absolute Gasteiger partial charge is 0.408 e. The largest absolute Gasteiger partial charge is 0.446 e. The molecule has 0 aromatic rings. The second-order valence-corrected chi connectivity index (χ2v) is 13.5. The van der Waals surface area contributed by atoms with Crippen LogP contribution in [0.3, 0.4) is 0 Å². The predicted molar refractivity (Wildman–Crippen MR) is 140 cm³/mol. The average molecular weight is 542 g/mol. The Balaban J connectivity index is 1.76. The van der Waals surface area contributed by atoms with Crippen molar-refractivity contribution in [1.82, 2.24) is 15.5 Å². The number of hydrogen-bond acceptors (Lipinski definition) is 7. The van der Waals surface area contributed by atoms with Crippen molar-refractivity contribution < 1.29 is 32.7 Å². The Morgan fingerprint density at radius 3 is 2.24 bits per heavy atom. The highest BCUT2D eigenvalue weighted by Gasteiger charge is 2.68. The van der Waals surface area contributed by atoms with E-state index in [4.69, 9.17) is 13.8 Å². The molecule has 2 N–H and O–H groups in total. The molecule has 2 saturated carbocycles. The average Bonchev–Trinajstić information content (AvgIpc) is 3.17. The molecule has 1 saturated heterocycles. The monoisotopic (exact) mass is 541 g/mol. The summed E-state index contributed by atoms with van der Waals surface area (Å²) in [6, 6.07) is -1.63. The summed E-state index contributed by atoms with van der Waals surface area (Å²) in [7, 11) is -3.68. The van der Waals surface area contributed by atoms with Crippen molar-refractivity contribution in [3.8, 4) is 0 Å². The van der Waals surface area contributed by atoms with Gasteiger partial charge in [0.25, 0.3) is 0 Å². The number of carbonyl (C=O) groups excluding carboxylic acids is 3. The highest BCUT2D eigenvalue weighted by atomic mass is 31.2. The van der Waals surface area contributed by atoms with Crippen LogP contribution in [0.1, 0.15) is 79.6 Å². The van der Waals surface area contributed by atoms with E-state index in [0.717, 1.165) is 25.7 Å². The molecule has 2 aliphatic carbocycles. The number of amides is 3. The van der Waals surface area contributed by atoms with Crippen LogP contribution in [0.2, 0.25) is 0 Å². The lowest BCUT2D eigenvalue weighted by Crippen LogP contribution is -2.58. The van der Waals surface area contributed by atoms with Gasteiger partial charge in [0.1, 0.15) is 23.5 Å².